The molecular formula is C19H22ClN3O3. The molecule has 0 aliphatic rings. The lowest BCUT2D eigenvalue weighted by Crippen LogP contribution is -2.32. The van der Waals surface area contributed by atoms with E-state index in [1.54, 1.807) is 57.2 Å². The fraction of sp³-hybridized carbons (Fsp3) is 0.263. The number of carbonyl (C=O) groups excluding carboxylic acids is 2. The van der Waals surface area contributed by atoms with Crippen LogP contribution in [0.4, 0.5) is 16.2 Å². The first kappa shape index (κ1) is 19.6. The van der Waals surface area contributed by atoms with Gasteiger partial charge in [-0.15, -0.1) is 0 Å². The highest BCUT2D eigenvalue weighted by atomic mass is 35.5. The second-order valence-electron chi connectivity index (χ2n) is 6.74. The van der Waals surface area contributed by atoms with Crippen molar-refractivity contribution < 1.29 is 14.3 Å². The van der Waals surface area contributed by atoms with Crippen LogP contribution in [0, 0.1) is 0 Å². The molecule has 0 atom stereocenters. The van der Waals surface area contributed by atoms with Gasteiger partial charge in [0.05, 0.1) is 11.4 Å². The fourth-order valence-corrected chi connectivity index (χ4v) is 2.33. The van der Waals surface area contributed by atoms with Crippen LogP contribution in [0.25, 0.3) is 0 Å². The Balaban J connectivity index is 2.01. The van der Waals surface area contributed by atoms with Crippen molar-refractivity contribution in [2.75, 3.05) is 11.1 Å². The Labute approximate surface area is 157 Å². The van der Waals surface area contributed by atoms with Crippen LogP contribution >= 0.6 is 11.6 Å². The van der Waals surface area contributed by atoms with Crippen LogP contribution in [0.5, 0.6) is 0 Å². The van der Waals surface area contributed by atoms with Gasteiger partial charge in [0.1, 0.15) is 5.60 Å². The number of halogens is 1. The minimum atomic E-state index is -0.565. The summed E-state index contributed by atoms with van der Waals surface area (Å²) in [5.41, 5.74) is 7.37. The molecule has 0 heterocycles. The Bertz CT molecular complexity index is 816. The summed E-state index contributed by atoms with van der Waals surface area (Å²) >= 11 is 5.85. The number of nitrogens with two attached hydrogens (primary N) is 1. The molecule has 0 radical (unpaired) electrons. The molecule has 0 saturated carbocycles. The Hall–Kier alpha value is -2.73. The smallest absolute Gasteiger partial charge is 0.407 e. The second-order valence-corrected chi connectivity index (χ2v) is 7.18. The summed E-state index contributed by atoms with van der Waals surface area (Å²) in [5.74, 6) is -0.307. The Morgan fingerprint density at radius 1 is 1.15 bits per heavy atom. The highest BCUT2D eigenvalue weighted by Gasteiger charge is 2.16. The predicted octanol–water partition coefficient (Wildman–Crippen LogP) is 4.20. The number of alkyl carbamates (subject to hydrolysis) is 1. The number of hydrogen-bond donors (Lipinski definition) is 3. The Kier molecular flexibility index (Phi) is 6.10. The monoisotopic (exact) mass is 375 g/mol. The minimum absolute atomic E-state index is 0.249. The van der Waals surface area contributed by atoms with Crippen LogP contribution in [0.1, 0.15) is 36.7 Å². The van der Waals surface area contributed by atoms with Crippen molar-refractivity contribution in [2.45, 2.75) is 32.9 Å². The van der Waals surface area contributed by atoms with Gasteiger partial charge in [-0.1, -0.05) is 23.7 Å². The molecule has 138 valence electrons. The molecule has 0 spiro atoms. The maximum Gasteiger partial charge on any atom is 0.407 e. The van der Waals surface area contributed by atoms with Gasteiger partial charge in [0.15, 0.2) is 0 Å². The van der Waals surface area contributed by atoms with E-state index in [0.717, 1.165) is 5.56 Å². The normalized spacial score (nSPS) is 10.9. The van der Waals surface area contributed by atoms with E-state index in [1.165, 1.54) is 0 Å². The number of amides is 2. The molecule has 0 bridgehead atoms. The van der Waals surface area contributed by atoms with Crippen molar-refractivity contribution >= 4 is 35.0 Å². The van der Waals surface area contributed by atoms with E-state index >= 15 is 0 Å². The minimum Gasteiger partial charge on any atom is -0.444 e. The van der Waals surface area contributed by atoms with Crippen molar-refractivity contribution in [3.8, 4) is 0 Å². The lowest BCUT2D eigenvalue weighted by molar-refractivity contribution is 0.0523. The molecule has 0 aromatic heterocycles. The van der Waals surface area contributed by atoms with E-state index in [4.69, 9.17) is 22.1 Å². The molecule has 0 aliphatic heterocycles. The summed E-state index contributed by atoms with van der Waals surface area (Å²) in [7, 11) is 0. The van der Waals surface area contributed by atoms with E-state index in [0.29, 0.717) is 22.0 Å². The summed E-state index contributed by atoms with van der Waals surface area (Å²) in [5, 5.41) is 5.90. The molecule has 2 rings (SSSR count). The maximum absolute atomic E-state index is 12.4. The van der Waals surface area contributed by atoms with Gasteiger partial charge in [-0.2, -0.15) is 0 Å². The lowest BCUT2D eigenvalue weighted by Gasteiger charge is -2.19. The van der Waals surface area contributed by atoms with Gasteiger partial charge in [0, 0.05) is 17.1 Å². The molecule has 0 fully saturated rings. The standard InChI is InChI=1S/C19H22ClN3O3/c1-19(2,3)26-18(25)22-11-12-5-4-6-13(9-12)17(24)23-16-8-7-14(20)10-15(16)21/h4-10H,11,21H2,1-3H3,(H,22,25)(H,23,24). The first-order valence-corrected chi connectivity index (χ1v) is 8.44. The fourth-order valence-electron chi connectivity index (χ4n) is 2.15. The van der Waals surface area contributed by atoms with E-state index < -0.39 is 11.7 Å². The number of rotatable bonds is 4. The first-order chi connectivity index (χ1) is 12.1. The van der Waals surface area contributed by atoms with Crippen LogP contribution in [0.15, 0.2) is 42.5 Å². The van der Waals surface area contributed by atoms with E-state index in [-0.39, 0.29) is 12.5 Å². The maximum atomic E-state index is 12.4. The highest BCUT2D eigenvalue weighted by Crippen LogP contribution is 2.23. The average molecular weight is 376 g/mol. The molecule has 2 amide bonds. The molecule has 2 aromatic carbocycles. The Morgan fingerprint density at radius 3 is 2.54 bits per heavy atom. The van der Waals surface area contributed by atoms with Crippen LogP contribution in [-0.2, 0) is 11.3 Å². The zero-order valence-corrected chi connectivity index (χ0v) is 15.7. The SMILES string of the molecule is CC(C)(C)OC(=O)NCc1cccc(C(=O)Nc2ccc(Cl)cc2N)c1. The largest absolute Gasteiger partial charge is 0.444 e. The zero-order chi connectivity index (χ0) is 19.3. The number of carbonyl (C=O) groups is 2. The molecular weight excluding hydrogens is 354 g/mol. The third-order valence-corrected chi connectivity index (χ3v) is 3.52. The van der Waals surface area contributed by atoms with Gasteiger partial charge >= 0.3 is 6.09 Å². The zero-order valence-electron chi connectivity index (χ0n) is 14.9. The van der Waals surface area contributed by atoms with Crippen LogP contribution < -0.4 is 16.4 Å². The molecule has 6 nitrogen and oxygen atoms in total. The number of ether oxygens (including phenoxy) is 1. The van der Waals surface area contributed by atoms with Crippen molar-refractivity contribution in [3.05, 3.63) is 58.6 Å². The van der Waals surface area contributed by atoms with Crippen LogP contribution in [-0.4, -0.2) is 17.6 Å². The van der Waals surface area contributed by atoms with Crippen molar-refractivity contribution in [1.82, 2.24) is 5.32 Å². The summed E-state index contributed by atoms with van der Waals surface area (Å²) in [4.78, 5) is 24.1. The third-order valence-electron chi connectivity index (χ3n) is 3.29. The van der Waals surface area contributed by atoms with E-state index in [9.17, 15) is 9.59 Å². The van der Waals surface area contributed by atoms with E-state index in [2.05, 4.69) is 10.6 Å². The highest BCUT2D eigenvalue weighted by molar-refractivity contribution is 6.31. The lowest BCUT2D eigenvalue weighted by atomic mass is 10.1. The van der Waals surface area contributed by atoms with Crippen molar-refractivity contribution in [3.63, 3.8) is 0 Å². The number of nitrogen functional groups attached to an aromatic ring is 1. The number of anilines is 2. The first-order valence-electron chi connectivity index (χ1n) is 8.06. The van der Waals surface area contributed by atoms with Gasteiger partial charge in [-0.05, 0) is 56.7 Å². The Morgan fingerprint density at radius 2 is 1.88 bits per heavy atom. The number of hydrogen-bond acceptors (Lipinski definition) is 4. The summed E-state index contributed by atoms with van der Waals surface area (Å²) in [6.07, 6.45) is -0.513. The van der Waals surface area contributed by atoms with Gasteiger partial charge in [-0.3, -0.25) is 4.79 Å². The summed E-state index contributed by atoms with van der Waals surface area (Å²) in [6, 6.07) is 11.8. The molecule has 4 N–H and O–H groups in total. The number of benzene rings is 2. The summed E-state index contributed by atoms with van der Waals surface area (Å²) < 4.78 is 5.18. The van der Waals surface area contributed by atoms with E-state index in [1.807, 2.05) is 6.07 Å². The molecule has 7 heteroatoms. The molecule has 0 unspecified atom stereocenters. The summed E-state index contributed by atoms with van der Waals surface area (Å²) in [6.45, 7) is 5.62. The molecule has 0 aliphatic carbocycles. The average Bonchev–Trinajstić information content (AvgIpc) is 2.54. The van der Waals surface area contributed by atoms with Crippen molar-refractivity contribution in [2.24, 2.45) is 0 Å². The number of nitrogens with one attached hydrogen (secondary N) is 2. The predicted molar refractivity (Wildman–Crippen MR) is 103 cm³/mol. The third kappa shape index (κ3) is 5.97. The second kappa shape index (κ2) is 8.10. The van der Waals surface area contributed by atoms with Crippen LogP contribution in [0.3, 0.4) is 0 Å². The quantitative estimate of drug-likeness (QED) is 0.698. The van der Waals surface area contributed by atoms with Gasteiger partial charge in [0.2, 0.25) is 0 Å². The topological polar surface area (TPSA) is 93.4 Å². The van der Waals surface area contributed by atoms with Crippen molar-refractivity contribution in [1.29, 1.82) is 0 Å². The van der Waals surface area contributed by atoms with Crippen LogP contribution in [0.2, 0.25) is 5.02 Å². The molecule has 2 aromatic rings. The van der Waals surface area contributed by atoms with Gasteiger partial charge < -0.3 is 21.1 Å². The molecule has 26 heavy (non-hydrogen) atoms. The molecule has 0 saturated heterocycles. The van der Waals surface area contributed by atoms with Gasteiger partial charge in [-0.25, -0.2) is 4.79 Å². The van der Waals surface area contributed by atoms with Gasteiger partial charge in [0.25, 0.3) is 5.91 Å².